The van der Waals surface area contributed by atoms with E-state index in [4.69, 9.17) is 18.9 Å². The highest BCUT2D eigenvalue weighted by Gasteiger charge is 2.49. The van der Waals surface area contributed by atoms with E-state index in [1.807, 2.05) is 55.5 Å². The highest BCUT2D eigenvalue weighted by Crippen LogP contribution is 2.40. The van der Waals surface area contributed by atoms with E-state index in [0.29, 0.717) is 11.5 Å². The predicted octanol–water partition coefficient (Wildman–Crippen LogP) is 2.96. The van der Waals surface area contributed by atoms with Crippen LogP contribution in [0.2, 0.25) is 0 Å². The largest absolute Gasteiger partial charge is 0.511 e. The van der Waals surface area contributed by atoms with E-state index >= 15 is 0 Å². The number of ether oxygens (including phenoxy) is 4. The number of aromatic amines is 1. The number of nitrogens with one attached hydrogen (secondary N) is 2. The lowest BCUT2D eigenvalue weighted by Crippen LogP contribution is -2.55. The molecule has 0 fully saturated rings. The van der Waals surface area contributed by atoms with Gasteiger partial charge in [0.25, 0.3) is 0 Å². The molecule has 3 aromatic rings. The van der Waals surface area contributed by atoms with Crippen molar-refractivity contribution in [3.63, 3.8) is 0 Å². The SMILES string of the molecule is CCOC(=O)OCOC(=O)C1=C(C(C)(C)O)NC(C)(COC)N1c1ccc(-c2ccccc2-c2nn[nH]n2)cc1. The van der Waals surface area contributed by atoms with Gasteiger partial charge in [0.2, 0.25) is 12.6 Å². The molecule has 0 saturated carbocycles. The molecule has 40 heavy (non-hydrogen) atoms. The number of benzene rings is 2. The van der Waals surface area contributed by atoms with Gasteiger partial charge < -0.3 is 34.3 Å². The number of methoxy groups -OCH3 is 1. The van der Waals surface area contributed by atoms with E-state index in [2.05, 4.69) is 25.9 Å². The maximum absolute atomic E-state index is 13.4. The van der Waals surface area contributed by atoms with Crippen LogP contribution in [0, 0.1) is 0 Å². The zero-order valence-corrected chi connectivity index (χ0v) is 22.9. The molecular formula is C27H32N6O7. The Bertz CT molecular complexity index is 1370. The minimum absolute atomic E-state index is 0.0412. The summed E-state index contributed by atoms with van der Waals surface area (Å²) in [7, 11) is 1.54. The van der Waals surface area contributed by atoms with E-state index in [1.165, 1.54) is 7.11 Å². The molecule has 1 aromatic heterocycles. The summed E-state index contributed by atoms with van der Waals surface area (Å²) in [6.07, 6.45) is -0.964. The number of nitrogens with zero attached hydrogens (tertiary/aromatic N) is 4. The minimum Gasteiger partial charge on any atom is -0.435 e. The highest BCUT2D eigenvalue weighted by atomic mass is 16.8. The Balaban J connectivity index is 1.72. The van der Waals surface area contributed by atoms with Gasteiger partial charge in [-0.3, -0.25) is 0 Å². The molecule has 1 aliphatic heterocycles. The van der Waals surface area contributed by atoms with Gasteiger partial charge in [-0.1, -0.05) is 36.4 Å². The summed E-state index contributed by atoms with van der Waals surface area (Å²) in [5, 5.41) is 28.6. The van der Waals surface area contributed by atoms with Gasteiger partial charge in [-0.25, -0.2) is 9.59 Å². The monoisotopic (exact) mass is 552 g/mol. The lowest BCUT2D eigenvalue weighted by molar-refractivity contribution is -0.148. The predicted molar refractivity (Wildman–Crippen MR) is 143 cm³/mol. The number of tetrazole rings is 1. The second-order valence-corrected chi connectivity index (χ2v) is 9.65. The van der Waals surface area contributed by atoms with Crippen LogP contribution < -0.4 is 10.2 Å². The maximum Gasteiger partial charge on any atom is 0.511 e. The maximum atomic E-state index is 13.4. The zero-order valence-electron chi connectivity index (χ0n) is 22.9. The van der Waals surface area contributed by atoms with Crippen LogP contribution >= 0.6 is 0 Å². The molecule has 0 radical (unpaired) electrons. The summed E-state index contributed by atoms with van der Waals surface area (Å²) >= 11 is 0. The van der Waals surface area contributed by atoms with Gasteiger partial charge in [-0.15, -0.1) is 10.2 Å². The Hall–Kier alpha value is -4.49. The minimum atomic E-state index is -1.45. The fourth-order valence-corrected chi connectivity index (χ4v) is 4.53. The summed E-state index contributed by atoms with van der Waals surface area (Å²) in [4.78, 5) is 26.7. The van der Waals surface area contributed by atoms with Gasteiger partial charge in [-0.2, -0.15) is 5.21 Å². The number of carbonyl (C=O) groups excluding carboxylic acids is 2. The van der Waals surface area contributed by atoms with Gasteiger partial charge in [0.1, 0.15) is 11.3 Å². The number of anilines is 1. The van der Waals surface area contributed by atoms with Crippen molar-refractivity contribution < 1.29 is 33.6 Å². The molecule has 0 spiro atoms. The van der Waals surface area contributed by atoms with Gasteiger partial charge in [0.15, 0.2) is 5.70 Å². The number of aromatic nitrogens is 4. The first-order valence-electron chi connectivity index (χ1n) is 12.5. The van der Waals surface area contributed by atoms with Gasteiger partial charge in [0, 0.05) is 18.4 Å². The molecule has 0 saturated heterocycles. The summed E-state index contributed by atoms with van der Waals surface area (Å²) in [5.41, 5.74) is 1.01. The van der Waals surface area contributed by atoms with Crippen molar-refractivity contribution in [2.45, 2.75) is 39.0 Å². The number of hydrogen-bond donors (Lipinski definition) is 3. The molecule has 1 aliphatic rings. The fraction of sp³-hybridized carbons (Fsp3) is 0.370. The molecule has 13 heteroatoms. The van der Waals surface area contributed by atoms with Crippen LogP contribution in [0.5, 0.6) is 0 Å². The van der Waals surface area contributed by atoms with E-state index < -0.39 is 30.2 Å². The quantitative estimate of drug-likeness (QED) is 0.249. The normalized spacial score (nSPS) is 17.0. The first-order valence-corrected chi connectivity index (χ1v) is 12.5. The number of carbonyl (C=O) groups is 2. The van der Waals surface area contributed by atoms with E-state index in [-0.39, 0.29) is 24.6 Å². The average molecular weight is 553 g/mol. The number of esters is 1. The van der Waals surface area contributed by atoms with Crippen molar-refractivity contribution in [2.24, 2.45) is 0 Å². The Labute approximate surface area is 231 Å². The number of hydrogen-bond acceptors (Lipinski definition) is 12. The first kappa shape index (κ1) is 28.5. The molecule has 1 unspecified atom stereocenters. The summed E-state index contributed by atoms with van der Waals surface area (Å²) in [6, 6.07) is 15.1. The topological polar surface area (TPSA) is 161 Å². The van der Waals surface area contributed by atoms with Crippen molar-refractivity contribution >= 4 is 17.8 Å². The first-order chi connectivity index (χ1) is 19.1. The van der Waals surface area contributed by atoms with Crippen molar-refractivity contribution in [2.75, 3.05) is 32.0 Å². The summed E-state index contributed by atoms with van der Waals surface area (Å²) < 4.78 is 20.3. The second kappa shape index (κ2) is 11.7. The van der Waals surface area contributed by atoms with Crippen LogP contribution in [-0.4, -0.2) is 76.2 Å². The van der Waals surface area contributed by atoms with Crippen molar-refractivity contribution in [1.82, 2.24) is 25.9 Å². The van der Waals surface area contributed by atoms with Crippen molar-refractivity contribution in [1.29, 1.82) is 0 Å². The molecule has 2 aromatic carbocycles. The third-order valence-electron chi connectivity index (χ3n) is 6.16. The second-order valence-electron chi connectivity index (χ2n) is 9.65. The van der Waals surface area contributed by atoms with Gasteiger partial charge in [0.05, 0.1) is 18.9 Å². The van der Waals surface area contributed by atoms with Crippen LogP contribution in [0.3, 0.4) is 0 Å². The Kier molecular flexibility index (Phi) is 8.35. The van der Waals surface area contributed by atoms with E-state index in [9.17, 15) is 14.7 Å². The number of rotatable bonds is 10. The zero-order chi connectivity index (χ0) is 28.9. The molecule has 1 atom stereocenters. The van der Waals surface area contributed by atoms with Crippen molar-refractivity contribution in [3.05, 3.63) is 59.9 Å². The standard InChI is InChI=1S/C27H32N6O7/c1-6-38-25(35)40-16-39-24(34)21-22(26(2,3)36)28-27(4,15-37-5)33(21)18-13-11-17(12-14-18)19-9-7-8-10-20(19)23-29-31-32-30-23/h7-14,28,36H,6,15-16H2,1-5H3,(H,29,30,31,32). The van der Waals surface area contributed by atoms with Gasteiger partial charge in [-0.05, 0) is 56.2 Å². The molecule has 0 amide bonds. The smallest absolute Gasteiger partial charge is 0.435 e. The molecule has 0 aliphatic carbocycles. The van der Waals surface area contributed by atoms with Crippen LogP contribution in [0.1, 0.15) is 27.7 Å². The summed E-state index contributed by atoms with van der Waals surface area (Å²) in [6.45, 7) is 6.15. The summed E-state index contributed by atoms with van der Waals surface area (Å²) in [5.74, 6) is -0.357. The lowest BCUT2D eigenvalue weighted by atomic mass is 9.98. The Morgan fingerprint density at radius 1 is 1.05 bits per heavy atom. The van der Waals surface area contributed by atoms with Crippen LogP contribution in [0.15, 0.2) is 59.9 Å². The molecule has 3 N–H and O–H groups in total. The van der Waals surface area contributed by atoms with Crippen LogP contribution in [-0.2, 0) is 23.7 Å². The third-order valence-corrected chi connectivity index (χ3v) is 6.16. The van der Waals surface area contributed by atoms with Crippen LogP contribution in [0.25, 0.3) is 22.5 Å². The lowest BCUT2D eigenvalue weighted by Gasteiger charge is -2.37. The Morgan fingerprint density at radius 3 is 2.35 bits per heavy atom. The number of aliphatic hydroxyl groups is 1. The van der Waals surface area contributed by atoms with E-state index in [1.54, 1.807) is 25.7 Å². The molecule has 212 valence electrons. The Morgan fingerprint density at radius 2 is 1.75 bits per heavy atom. The molecule has 4 rings (SSSR count). The molecule has 0 bridgehead atoms. The highest BCUT2D eigenvalue weighted by molar-refractivity contribution is 5.96. The third kappa shape index (κ3) is 5.90. The van der Waals surface area contributed by atoms with Crippen LogP contribution in [0.4, 0.5) is 10.5 Å². The average Bonchev–Trinajstić information content (AvgIpc) is 3.56. The number of H-pyrrole nitrogens is 1. The molecule has 2 heterocycles. The van der Waals surface area contributed by atoms with Gasteiger partial charge >= 0.3 is 12.1 Å². The molecular weight excluding hydrogens is 520 g/mol. The fourth-order valence-electron chi connectivity index (χ4n) is 4.53. The molecule has 13 nitrogen and oxygen atoms in total. The van der Waals surface area contributed by atoms with Crippen molar-refractivity contribution in [3.8, 4) is 22.5 Å². The van der Waals surface area contributed by atoms with E-state index in [0.717, 1.165) is 16.7 Å².